The summed E-state index contributed by atoms with van der Waals surface area (Å²) >= 11 is 6.21. The lowest BCUT2D eigenvalue weighted by molar-refractivity contribution is -0.123. The first-order chi connectivity index (χ1) is 10.1. The second-order valence-electron chi connectivity index (χ2n) is 5.37. The van der Waals surface area contributed by atoms with E-state index < -0.39 is 5.41 Å². The largest absolute Gasteiger partial charge is 0.351 e. The van der Waals surface area contributed by atoms with Crippen LogP contribution in [0.5, 0.6) is 0 Å². The lowest BCUT2D eigenvalue weighted by atomic mass is 9.95. The van der Waals surface area contributed by atoms with Crippen molar-refractivity contribution in [3.63, 3.8) is 0 Å². The number of nitrogens with one attached hydrogen (secondary N) is 1. The van der Waals surface area contributed by atoms with E-state index in [0.717, 1.165) is 24.0 Å². The standard InChI is InChI=1S/C17H15ClFNO/c18-15-4-2-1-3-14(15)17(9-10-17)16(21)20-11-12-5-7-13(19)8-6-12/h1-8H,9-11H2,(H,20,21). The predicted molar refractivity (Wildman–Crippen MR) is 80.6 cm³/mol. The van der Waals surface area contributed by atoms with Crippen LogP contribution in [0.25, 0.3) is 0 Å². The molecule has 2 nitrogen and oxygen atoms in total. The summed E-state index contributed by atoms with van der Waals surface area (Å²) in [5.41, 5.74) is 1.28. The normalized spacial score (nSPS) is 15.5. The second kappa shape index (κ2) is 5.49. The molecule has 1 saturated carbocycles. The average molecular weight is 304 g/mol. The van der Waals surface area contributed by atoms with Crippen LogP contribution in [0.1, 0.15) is 24.0 Å². The number of carbonyl (C=O) groups excluding carboxylic acids is 1. The van der Waals surface area contributed by atoms with E-state index in [1.165, 1.54) is 12.1 Å². The van der Waals surface area contributed by atoms with Gasteiger partial charge < -0.3 is 5.32 Å². The first-order valence-electron chi connectivity index (χ1n) is 6.90. The summed E-state index contributed by atoms with van der Waals surface area (Å²) in [4.78, 5) is 12.5. The van der Waals surface area contributed by atoms with E-state index in [9.17, 15) is 9.18 Å². The van der Waals surface area contributed by atoms with Crippen molar-refractivity contribution < 1.29 is 9.18 Å². The number of hydrogen-bond acceptors (Lipinski definition) is 1. The molecule has 1 aliphatic rings. The number of hydrogen-bond donors (Lipinski definition) is 1. The van der Waals surface area contributed by atoms with Crippen molar-refractivity contribution in [2.24, 2.45) is 0 Å². The maximum atomic E-state index is 12.8. The molecule has 21 heavy (non-hydrogen) atoms. The summed E-state index contributed by atoms with van der Waals surface area (Å²) in [7, 11) is 0. The minimum absolute atomic E-state index is 0.0140. The van der Waals surface area contributed by atoms with Crippen molar-refractivity contribution in [1.82, 2.24) is 5.32 Å². The number of benzene rings is 2. The maximum absolute atomic E-state index is 12.8. The summed E-state index contributed by atoms with van der Waals surface area (Å²) in [5.74, 6) is -0.292. The Morgan fingerprint density at radius 3 is 2.43 bits per heavy atom. The molecule has 2 aromatic rings. The zero-order valence-electron chi connectivity index (χ0n) is 11.4. The van der Waals surface area contributed by atoms with Gasteiger partial charge in [-0.05, 0) is 42.2 Å². The van der Waals surface area contributed by atoms with E-state index in [2.05, 4.69) is 5.32 Å². The molecule has 1 fully saturated rings. The minimum Gasteiger partial charge on any atom is -0.351 e. The topological polar surface area (TPSA) is 29.1 Å². The molecule has 0 aromatic heterocycles. The molecule has 0 saturated heterocycles. The van der Waals surface area contributed by atoms with Crippen LogP contribution in [0.3, 0.4) is 0 Å². The molecular weight excluding hydrogens is 289 g/mol. The quantitative estimate of drug-likeness (QED) is 0.914. The summed E-state index contributed by atoms with van der Waals surface area (Å²) in [6.07, 6.45) is 1.62. The van der Waals surface area contributed by atoms with Crippen molar-refractivity contribution in [3.8, 4) is 0 Å². The lowest BCUT2D eigenvalue weighted by Gasteiger charge is -2.17. The number of amides is 1. The zero-order valence-corrected chi connectivity index (χ0v) is 12.2. The molecule has 1 N–H and O–H groups in total. The highest BCUT2D eigenvalue weighted by molar-refractivity contribution is 6.31. The summed E-state index contributed by atoms with van der Waals surface area (Å²) in [6.45, 7) is 0.394. The van der Waals surface area contributed by atoms with Crippen LogP contribution in [0, 0.1) is 5.82 Å². The first kappa shape index (κ1) is 14.1. The summed E-state index contributed by atoms with van der Waals surface area (Å²) in [5, 5.41) is 3.56. The van der Waals surface area contributed by atoms with Gasteiger partial charge in [0.25, 0.3) is 0 Å². The molecule has 3 rings (SSSR count). The number of carbonyl (C=O) groups is 1. The Labute approximate surface area is 127 Å². The van der Waals surface area contributed by atoms with Gasteiger partial charge in [0.2, 0.25) is 5.91 Å². The molecule has 0 atom stereocenters. The fourth-order valence-corrected chi connectivity index (χ4v) is 2.86. The van der Waals surface area contributed by atoms with Crippen LogP contribution in [0.2, 0.25) is 5.02 Å². The third kappa shape index (κ3) is 2.79. The van der Waals surface area contributed by atoms with E-state index in [1.54, 1.807) is 12.1 Å². The average Bonchev–Trinajstić information content (AvgIpc) is 3.28. The number of halogens is 2. The molecule has 0 radical (unpaired) electrons. The Bertz CT molecular complexity index is 665. The van der Waals surface area contributed by atoms with Gasteiger partial charge in [0.1, 0.15) is 5.82 Å². The van der Waals surface area contributed by atoms with Gasteiger partial charge in [-0.2, -0.15) is 0 Å². The zero-order chi connectivity index (χ0) is 14.9. The highest BCUT2D eigenvalue weighted by atomic mass is 35.5. The first-order valence-corrected chi connectivity index (χ1v) is 7.27. The van der Waals surface area contributed by atoms with E-state index in [1.807, 2.05) is 24.3 Å². The Balaban J connectivity index is 1.71. The Morgan fingerprint density at radius 1 is 1.14 bits per heavy atom. The minimum atomic E-state index is -0.488. The molecule has 4 heteroatoms. The van der Waals surface area contributed by atoms with Crippen molar-refractivity contribution >= 4 is 17.5 Å². The highest BCUT2D eigenvalue weighted by Crippen LogP contribution is 2.50. The fourth-order valence-electron chi connectivity index (χ4n) is 2.55. The maximum Gasteiger partial charge on any atom is 0.230 e. The Hall–Kier alpha value is -1.87. The van der Waals surface area contributed by atoms with Gasteiger partial charge >= 0.3 is 0 Å². The van der Waals surface area contributed by atoms with Crippen LogP contribution in [-0.2, 0) is 16.8 Å². The molecule has 1 amide bonds. The monoisotopic (exact) mass is 303 g/mol. The van der Waals surface area contributed by atoms with E-state index in [4.69, 9.17) is 11.6 Å². The Morgan fingerprint density at radius 2 is 1.81 bits per heavy atom. The molecule has 0 unspecified atom stereocenters. The van der Waals surface area contributed by atoms with Gasteiger partial charge in [0.05, 0.1) is 5.41 Å². The molecule has 0 aliphatic heterocycles. The third-order valence-electron chi connectivity index (χ3n) is 3.94. The van der Waals surface area contributed by atoms with Gasteiger partial charge in [0.15, 0.2) is 0 Å². The van der Waals surface area contributed by atoms with E-state index >= 15 is 0 Å². The Kier molecular flexibility index (Phi) is 3.68. The molecule has 1 aliphatic carbocycles. The molecule has 0 heterocycles. The van der Waals surface area contributed by atoms with Crippen molar-refractivity contribution in [3.05, 3.63) is 70.5 Å². The van der Waals surface area contributed by atoms with Crippen LogP contribution < -0.4 is 5.32 Å². The van der Waals surface area contributed by atoms with Crippen LogP contribution in [0.4, 0.5) is 4.39 Å². The fraction of sp³-hybridized carbons (Fsp3) is 0.235. The van der Waals surface area contributed by atoms with Crippen molar-refractivity contribution in [2.75, 3.05) is 0 Å². The lowest BCUT2D eigenvalue weighted by Crippen LogP contribution is -2.34. The van der Waals surface area contributed by atoms with Gasteiger partial charge in [0, 0.05) is 11.6 Å². The highest BCUT2D eigenvalue weighted by Gasteiger charge is 2.52. The molecule has 0 spiro atoms. The van der Waals surface area contributed by atoms with Crippen LogP contribution in [0.15, 0.2) is 48.5 Å². The second-order valence-corrected chi connectivity index (χ2v) is 5.78. The smallest absolute Gasteiger partial charge is 0.230 e. The summed E-state index contributed by atoms with van der Waals surface area (Å²) < 4.78 is 12.8. The SMILES string of the molecule is O=C(NCc1ccc(F)cc1)C1(c2ccccc2Cl)CC1. The molecule has 108 valence electrons. The van der Waals surface area contributed by atoms with Crippen molar-refractivity contribution in [2.45, 2.75) is 24.8 Å². The summed E-state index contributed by atoms with van der Waals surface area (Å²) in [6, 6.07) is 13.6. The number of rotatable bonds is 4. The van der Waals surface area contributed by atoms with Crippen LogP contribution in [-0.4, -0.2) is 5.91 Å². The predicted octanol–water partition coefficient (Wildman–Crippen LogP) is 3.83. The van der Waals surface area contributed by atoms with Crippen LogP contribution >= 0.6 is 11.6 Å². The van der Waals surface area contributed by atoms with E-state index in [-0.39, 0.29) is 11.7 Å². The van der Waals surface area contributed by atoms with Crippen molar-refractivity contribution in [1.29, 1.82) is 0 Å². The van der Waals surface area contributed by atoms with Gasteiger partial charge in [-0.25, -0.2) is 4.39 Å². The van der Waals surface area contributed by atoms with Gasteiger partial charge in [-0.3, -0.25) is 4.79 Å². The molecule has 0 bridgehead atoms. The van der Waals surface area contributed by atoms with Gasteiger partial charge in [-0.1, -0.05) is 41.9 Å². The molecule has 2 aromatic carbocycles. The van der Waals surface area contributed by atoms with Gasteiger partial charge in [-0.15, -0.1) is 0 Å². The molecular formula is C17H15ClFNO. The third-order valence-corrected chi connectivity index (χ3v) is 4.27. The van der Waals surface area contributed by atoms with E-state index in [0.29, 0.717) is 11.6 Å².